The molecular formula is C15H12F3NO2. The molecule has 0 fully saturated rings. The fourth-order valence-corrected chi connectivity index (χ4v) is 1.76. The van der Waals surface area contributed by atoms with Crippen molar-refractivity contribution in [2.24, 2.45) is 0 Å². The number of ether oxygens (including phenoxy) is 1. The van der Waals surface area contributed by atoms with Crippen molar-refractivity contribution < 1.29 is 22.7 Å². The highest BCUT2D eigenvalue weighted by atomic mass is 19.2. The normalized spacial score (nSPS) is 10.3. The molecule has 0 unspecified atom stereocenters. The molecule has 0 bridgehead atoms. The molecule has 0 saturated carbocycles. The number of hydrogen-bond donors (Lipinski definition) is 1. The van der Waals surface area contributed by atoms with Gasteiger partial charge in [0.15, 0.2) is 17.5 Å². The molecule has 2 aromatic rings. The molecule has 0 saturated heterocycles. The summed E-state index contributed by atoms with van der Waals surface area (Å²) in [6.45, 7) is 0.117. The number of anilines is 1. The van der Waals surface area contributed by atoms with Crippen LogP contribution in [0.4, 0.5) is 18.9 Å². The first kappa shape index (κ1) is 14.9. The minimum atomic E-state index is -1.49. The van der Waals surface area contributed by atoms with Crippen LogP contribution >= 0.6 is 0 Å². The Kier molecular flexibility index (Phi) is 4.47. The first-order valence-electron chi connectivity index (χ1n) is 6.07. The van der Waals surface area contributed by atoms with Crippen LogP contribution in [-0.2, 0) is 11.3 Å². The summed E-state index contributed by atoms with van der Waals surface area (Å²) in [6, 6.07) is 8.22. The summed E-state index contributed by atoms with van der Waals surface area (Å²) in [5.41, 5.74) is 1.30. The summed E-state index contributed by atoms with van der Waals surface area (Å²) in [7, 11) is 1.28. The van der Waals surface area contributed by atoms with Crippen molar-refractivity contribution in [2.45, 2.75) is 6.54 Å². The maximum atomic E-state index is 13.1. The van der Waals surface area contributed by atoms with Crippen LogP contribution in [0.15, 0.2) is 36.4 Å². The van der Waals surface area contributed by atoms with Gasteiger partial charge >= 0.3 is 5.97 Å². The number of carbonyl (C=O) groups is 1. The quantitative estimate of drug-likeness (QED) is 0.693. The summed E-state index contributed by atoms with van der Waals surface area (Å²) in [6.07, 6.45) is 0. The van der Waals surface area contributed by atoms with Crippen LogP contribution in [0.3, 0.4) is 0 Å². The van der Waals surface area contributed by atoms with E-state index in [4.69, 9.17) is 0 Å². The van der Waals surface area contributed by atoms with Gasteiger partial charge in [-0.15, -0.1) is 0 Å². The van der Waals surface area contributed by atoms with Gasteiger partial charge in [0.1, 0.15) is 0 Å². The summed E-state index contributed by atoms with van der Waals surface area (Å²) < 4.78 is 43.5. The summed E-state index contributed by atoms with van der Waals surface area (Å²) >= 11 is 0. The first-order valence-corrected chi connectivity index (χ1v) is 6.07. The lowest BCUT2D eigenvalue weighted by Crippen LogP contribution is -2.04. The number of benzene rings is 2. The molecule has 0 aromatic heterocycles. The van der Waals surface area contributed by atoms with E-state index in [2.05, 4.69) is 10.1 Å². The van der Waals surface area contributed by atoms with Gasteiger partial charge in [-0.05, 0) is 42.0 Å². The molecule has 2 rings (SSSR count). The number of rotatable bonds is 4. The highest BCUT2D eigenvalue weighted by Crippen LogP contribution is 2.16. The molecule has 3 nitrogen and oxygen atoms in total. The molecule has 0 spiro atoms. The number of carbonyl (C=O) groups excluding carboxylic acids is 1. The summed E-state index contributed by atoms with van der Waals surface area (Å²) in [5.74, 6) is -4.40. The summed E-state index contributed by atoms with van der Waals surface area (Å²) in [5, 5.41) is 2.91. The third-order valence-corrected chi connectivity index (χ3v) is 2.85. The zero-order valence-electron chi connectivity index (χ0n) is 11.1. The van der Waals surface area contributed by atoms with E-state index in [1.54, 1.807) is 24.3 Å². The lowest BCUT2D eigenvalue weighted by Gasteiger charge is -2.08. The van der Waals surface area contributed by atoms with Crippen LogP contribution in [0.1, 0.15) is 15.9 Å². The Morgan fingerprint density at radius 3 is 2.19 bits per heavy atom. The van der Waals surface area contributed by atoms with Gasteiger partial charge in [-0.25, -0.2) is 18.0 Å². The van der Waals surface area contributed by atoms with E-state index < -0.39 is 23.4 Å². The Morgan fingerprint density at radius 1 is 1.10 bits per heavy atom. The van der Waals surface area contributed by atoms with E-state index >= 15 is 0 Å². The zero-order valence-corrected chi connectivity index (χ0v) is 11.1. The standard InChI is InChI=1S/C15H12F3NO2/c1-21-15(20)10-2-4-11(5-3-10)19-8-9-6-12(16)14(18)13(17)7-9/h2-7,19H,8H2,1H3. The molecule has 6 heteroatoms. The maximum Gasteiger partial charge on any atom is 0.337 e. The van der Waals surface area contributed by atoms with E-state index in [9.17, 15) is 18.0 Å². The van der Waals surface area contributed by atoms with Crippen LogP contribution in [0.25, 0.3) is 0 Å². The largest absolute Gasteiger partial charge is 0.465 e. The number of halogens is 3. The molecule has 0 amide bonds. The predicted octanol–water partition coefficient (Wildman–Crippen LogP) is 3.50. The Morgan fingerprint density at radius 2 is 1.67 bits per heavy atom. The molecule has 110 valence electrons. The minimum absolute atomic E-state index is 0.117. The Bertz CT molecular complexity index is 633. The highest BCUT2D eigenvalue weighted by Gasteiger charge is 2.10. The lowest BCUT2D eigenvalue weighted by molar-refractivity contribution is 0.0601. The molecule has 0 aliphatic carbocycles. The van der Waals surface area contributed by atoms with Gasteiger partial charge in [0.05, 0.1) is 12.7 Å². The van der Waals surface area contributed by atoms with Crippen LogP contribution in [-0.4, -0.2) is 13.1 Å². The minimum Gasteiger partial charge on any atom is -0.465 e. The SMILES string of the molecule is COC(=O)c1ccc(NCc2cc(F)c(F)c(F)c2)cc1. The Hall–Kier alpha value is -2.50. The fourth-order valence-electron chi connectivity index (χ4n) is 1.76. The average molecular weight is 295 g/mol. The average Bonchev–Trinajstić information content (AvgIpc) is 2.50. The number of hydrogen-bond acceptors (Lipinski definition) is 3. The monoisotopic (exact) mass is 295 g/mol. The van der Waals surface area contributed by atoms with Gasteiger partial charge in [0.25, 0.3) is 0 Å². The molecule has 0 heterocycles. The summed E-state index contributed by atoms with van der Waals surface area (Å²) in [4.78, 5) is 11.2. The van der Waals surface area contributed by atoms with Gasteiger partial charge in [-0.1, -0.05) is 0 Å². The van der Waals surface area contributed by atoms with Crippen molar-refractivity contribution >= 4 is 11.7 Å². The molecule has 2 aromatic carbocycles. The Balaban J connectivity index is 2.05. The van der Waals surface area contributed by atoms with Gasteiger partial charge in [0.2, 0.25) is 0 Å². The topological polar surface area (TPSA) is 38.3 Å². The van der Waals surface area contributed by atoms with Gasteiger partial charge in [-0.2, -0.15) is 0 Å². The molecule has 0 atom stereocenters. The number of nitrogens with one attached hydrogen (secondary N) is 1. The number of methoxy groups -OCH3 is 1. The van der Waals surface area contributed by atoms with Crippen LogP contribution in [0, 0.1) is 17.5 Å². The van der Waals surface area contributed by atoms with E-state index in [1.807, 2.05) is 0 Å². The second-order valence-corrected chi connectivity index (χ2v) is 4.30. The molecule has 0 aliphatic heterocycles. The van der Waals surface area contributed by atoms with Crippen molar-refractivity contribution in [3.05, 3.63) is 65.0 Å². The van der Waals surface area contributed by atoms with E-state index in [0.717, 1.165) is 12.1 Å². The van der Waals surface area contributed by atoms with E-state index in [1.165, 1.54) is 7.11 Å². The van der Waals surface area contributed by atoms with Crippen molar-refractivity contribution in [3.8, 4) is 0 Å². The molecule has 21 heavy (non-hydrogen) atoms. The second kappa shape index (κ2) is 6.30. The molecular weight excluding hydrogens is 283 g/mol. The Labute approximate surface area is 119 Å². The van der Waals surface area contributed by atoms with Crippen molar-refractivity contribution in [3.63, 3.8) is 0 Å². The van der Waals surface area contributed by atoms with Crippen molar-refractivity contribution in [1.29, 1.82) is 0 Å². The third-order valence-electron chi connectivity index (χ3n) is 2.85. The zero-order chi connectivity index (χ0) is 15.4. The maximum absolute atomic E-state index is 13.1. The van der Waals surface area contributed by atoms with E-state index in [-0.39, 0.29) is 12.1 Å². The smallest absolute Gasteiger partial charge is 0.337 e. The van der Waals surface area contributed by atoms with E-state index in [0.29, 0.717) is 11.3 Å². The van der Waals surface area contributed by atoms with Crippen molar-refractivity contribution in [1.82, 2.24) is 0 Å². The number of esters is 1. The molecule has 1 N–H and O–H groups in total. The lowest BCUT2D eigenvalue weighted by atomic mass is 10.2. The highest BCUT2D eigenvalue weighted by molar-refractivity contribution is 5.89. The molecule has 0 radical (unpaired) electrons. The van der Waals surface area contributed by atoms with Crippen molar-refractivity contribution in [2.75, 3.05) is 12.4 Å². The van der Waals surface area contributed by atoms with Gasteiger partial charge in [-0.3, -0.25) is 0 Å². The second-order valence-electron chi connectivity index (χ2n) is 4.30. The molecule has 0 aliphatic rings. The first-order chi connectivity index (χ1) is 10.0. The van der Waals surface area contributed by atoms with Gasteiger partial charge in [0, 0.05) is 12.2 Å². The van der Waals surface area contributed by atoms with Crippen LogP contribution < -0.4 is 5.32 Å². The van der Waals surface area contributed by atoms with Crippen LogP contribution in [0.5, 0.6) is 0 Å². The predicted molar refractivity (Wildman–Crippen MR) is 71.4 cm³/mol. The fraction of sp³-hybridized carbons (Fsp3) is 0.133. The van der Waals surface area contributed by atoms with Crippen LogP contribution in [0.2, 0.25) is 0 Å². The third kappa shape index (κ3) is 3.53. The van der Waals surface area contributed by atoms with Gasteiger partial charge < -0.3 is 10.1 Å².